The molecule has 1 aromatic carbocycles. The molecule has 4 nitrogen and oxygen atoms in total. The van der Waals surface area contributed by atoms with E-state index in [0.717, 1.165) is 57.1 Å². The van der Waals surface area contributed by atoms with Crippen LogP contribution in [0.1, 0.15) is 250 Å². The normalized spacial score (nSPS) is 23.1. The van der Waals surface area contributed by atoms with Crippen LogP contribution in [0, 0.1) is 17.3 Å². The Morgan fingerprint density at radius 3 is 1.59 bits per heavy atom. The number of carbonyl (C=O) groups is 2. The van der Waals surface area contributed by atoms with Crippen LogP contribution in [0.2, 0.25) is 0 Å². The minimum Gasteiger partial charge on any atom is -0.462 e. The van der Waals surface area contributed by atoms with Gasteiger partial charge in [0.25, 0.3) is 0 Å². The number of rotatable bonds is 30. The van der Waals surface area contributed by atoms with Crippen molar-refractivity contribution in [1.29, 1.82) is 0 Å². The highest BCUT2D eigenvalue weighted by atomic mass is 16.5. The first-order valence-corrected chi connectivity index (χ1v) is 24.0. The molecule has 4 rings (SSSR count). The largest absolute Gasteiger partial charge is 0.462 e. The summed E-state index contributed by atoms with van der Waals surface area (Å²) in [6.07, 6.45) is 42.1. The molecule has 308 valence electrons. The van der Waals surface area contributed by atoms with Crippen molar-refractivity contribution in [3.63, 3.8) is 0 Å². The molecule has 1 aromatic rings. The van der Waals surface area contributed by atoms with Crippen molar-refractivity contribution in [2.75, 3.05) is 0 Å². The predicted octanol–water partition coefficient (Wildman–Crippen LogP) is 15.3. The second kappa shape index (κ2) is 26.1. The fourth-order valence-corrected chi connectivity index (χ4v) is 10.7. The summed E-state index contributed by atoms with van der Waals surface area (Å²) >= 11 is 0. The summed E-state index contributed by atoms with van der Waals surface area (Å²) in [5.74, 6) is 2.53. The molecule has 3 aliphatic rings. The Bertz CT molecular complexity index is 1180. The standard InChI is InChI=1S/C50H84O4/c1-4-6-8-10-12-14-16-18-20-22-24-26-28-30-48(51)53-42-33-35-43-41(40-42)32-34-45-44(43)38-39-50(3)46(45)36-37-47(50)54-49(52)31-29-27-25-23-21-19-17-15-13-11-9-7-5-2/h33,35,40,44-47H,4-32,34,36-39H2,1-3H3/t44-,45-,46+,47?,50+/m1/s1. The van der Waals surface area contributed by atoms with Crippen LogP contribution in [0.3, 0.4) is 0 Å². The summed E-state index contributed by atoms with van der Waals surface area (Å²) in [5.41, 5.74) is 2.96. The van der Waals surface area contributed by atoms with E-state index in [4.69, 9.17) is 9.47 Å². The van der Waals surface area contributed by atoms with E-state index in [9.17, 15) is 9.59 Å². The van der Waals surface area contributed by atoms with E-state index < -0.39 is 0 Å². The average Bonchev–Trinajstić information content (AvgIpc) is 3.50. The van der Waals surface area contributed by atoms with Gasteiger partial charge in [-0.3, -0.25) is 9.59 Å². The van der Waals surface area contributed by atoms with E-state index >= 15 is 0 Å². The van der Waals surface area contributed by atoms with E-state index in [2.05, 4.69) is 32.9 Å². The minimum absolute atomic E-state index is 0.0391. The number of hydrogen-bond acceptors (Lipinski definition) is 4. The van der Waals surface area contributed by atoms with Gasteiger partial charge in [0.15, 0.2) is 0 Å². The molecular weight excluding hydrogens is 665 g/mol. The van der Waals surface area contributed by atoms with Crippen molar-refractivity contribution in [3.05, 3.63) is 29.3 Å². The smallest absolute Gasteiger partial charge is 0.311 e. The molecular formula is C50H84O4. The molecule has 4 heteroatoms. The lowest BCUT2D eigenvalue weighted by molar-refractivity contribution is -0.157. The number of carbonyl (C=O) groups excluding carboxylic acids is 2. The topological polar surface area (TPSA) is 52.6 Å². The Morgan fingerprint density at radius 1 is 0.593 bits per heavy atom. The molecule has 5 atom stereocenters. The molecule has 2 saturated carbocycles. The number of esters is 2. The van der Waals surface area contributed by atoms with Crippen LogP contribution >= 0.6 is 0 Å². The van der Waals surface area contributed by atoms with Gasteiger partial charge >= 0.3 is 11.9 Å². The van der Waals surface area contributed by atoms with Gasteiger partial charge in [-0.25, -0.2) is 0 Å². The molecule has 0 N–H and O–H groups in total. The summed E-state index contributed by atoms with van der Waals surface area (Å²) in [5, 5.41) is 0. The Labute approximate surface area is 333 Å². The molecule has 0 aromatic heterocycles. The molecule has 0 radical (unpaired) electrons. The Balaban J connectivity index is 1.07. The summed E-state index contributed by atoms with van der Waals surface area (Å²) in [4.78, 5) is 25.7. The van der Waals surface area contributed by atoms with Crippen LogP contribution in [0.25, 0.3) is 0 Å². The molecule has 0 spiro atoms. The van der Waals surface area contributed by atoms with Gasteiger partial charge in [0.2, 0.25) is 0 Å². The molecule has 0 aliphatic heterocycles. The number of unbranched alkanes of at least 4 members (excludes halogenated alkanes) is 24. The number of hydrogen-bond donors (Lipinski definition) is 0. The quantitative estimate of drug-likeness (QED) is 0.0447. The van der Waals surface area contributed by atoms with E-state index in [1.54, 1.807) is 0 Å². The van der Waals surface area contributed by atoms with Crippen LogP contribution in [0.5, 0.6) is 5.75 Å². The molecule has 54 heavy (non-hydrogen) atoms. The monoisotopic (exact) mass is 749 g/mol. The molecule has 0 amide bonds. The van der Waals surface area contributed by atoms with Crippen LogP contribution in [-0.4, -0.2) is 18.0 Å². The Morgan fingerprint density at radius 2 is 1.07 bits per heavy atom. The highest BCUT2D eigenvalue weighted by Crippen LogP contribution is 2.61. The predicted molar refractivity (Wildman–Crippen MR) is 227 cm³/mol. The van der Waals surface area contributed by atoms with Gasteiger partial charge in [0, 0.05) is 18.3 Å². The Kier molecular flexibility index (Phi) is 21.7. The maximum atomic E-state index is 13.0. The van der Waals surface area contributed by atoms with E-state index in [0.29, 0.717) is 30.6 Å². The zero-order valence-electron chi connectivity index (χ0n) is 35.7. The third-order valence-corrected chi connectivity index (χ3v) is 14.1. The second-order valence-corrected chi connectivity index (χ2v) is 18.3. The third kappa shape index (κ3) is 15.2. The van der Waals surface area contributed by atoms with Gasteiger partial charge in [-0.15, -0.1) is 0 Å². The SMILES string of the molecule is CCCCCCCCCCCCCCCC(=O)Oc1ccc2c(c1)CC[C@@H]1[C@@H]2CC[C@]2(C)C(OC(=O)CCCCCCCCCCCCCCC)CC[C@@H]12. The van der Waals surface area contributed by atoms with Crippen LogP contribution < -0.4 is 4.74 Å². The third-order valence-electron chi connectivity index (χ3n) is 14.1. The first-order chi connectivity index (χ1) is 26.5. The zero-order chi connectivity index (χ0) is 38.3. The fourth-order valence-electron chi connectivity index (χ4n) is 10.7. The van der Waals surface area contributed by atoms with Crippen molar-refractivity contribution in [2.24, 2.45) is 17.3 Å². The van der Waals surface area contributed by atoms with Gasteiger partial charge in [0.05, 0.1) is 0 Å². The second-order valence-electron chi connectivity index (χ2n) is 18.3. The first-order valence-electron chi connectivity index (χ1n) is 24.0. The lowest BCUT2D eigenvalue weighted by Crippen LogP contribution is -2.45. The van der Waals surface area contributed by atoms with E-state index in [1.165, 1.54) is 165 Å². The maximum Gasteiger partial charge on any atom is 0.311 e. The first kappa shape index (κ1) is 44.9. The summed E-state index contributed by atoms with van der Waals surface area (Å²) < 4.78 is 12.1. The summed E-state index contributed by atoms with van der Waals surface area (Å²) in [6.45, 7) is 7.00. The van der Waals surface area contributed by atoms with Crippen molar-refractivity contribution >= 4 is 11.9 Å². The molecule has 3 aliphatic carbocycles. The van der Waals surface area contributed by atoms with Gasteiger partial charge in [0.1, 0.15) is 11.9 Å². The molecule has 0 heterocycles. The summed E-state index contributed by atoms with van der Waals surface area (Å²) in [6, 6.07) is 6.48. The highest BCUT2D eigenvalue weighted by molar-refractivity contribution is 5.72. The number of aryl methyl sites for hydroxylation is 1. The van der Waals surface area contributed by atoms with Crippen LogP contribution in [0.4, 0.5) is 0 Å². The van der Waals surface area contributed by atoms with Crippen LogP contribution in [0.15, 0.2) is 18.2 Å². The highest BCUT2D eigenvalue weighted by Gasteiger charge is 2.56. The lowest BCUT2D eigenvalue weighted by Gasteiger charge is -2.50. The summed E-state index contributed by atoms with van der Waals surface area (Å²) in [7, 11) is 0. The van der Waals surface area contributed by atoms with Gasteiger partial charge in [-0.2, -0.15) is 0 Å². The Hall–Kier alpha value is -1.84. The average molecular weight is 749 g/mol. The van der Waals surface area contributed by atoms with Crippen molar-refractivity contribution in [3.8, 4) is 5.75 Å². The fraction of sp³-hybridized carbons (Fsp3) is 0.840. The van der Waals surface area contributed by atoms with E-state index in [1.807, 2.05) is 6.07 Å². The molecule has 0 bridgehead atoms. The van der Waals surface area contributed by atoms with Gasteiger partial charge in [-0.05, 0) is 92.4 Å². The van der Waals surface area contributed by atoms with Gasteiger partial charge in [-0.1, -0.05) is 181 Å². The van der Waals surface area contributed by atoms with Crippen molar-refractivity contribution in [2.45, 2.75) is 251 Å². The number of ether oxygens (including phenoxy) is 2. The minimum atomic E-state index is -0.0826. The van der Waals surface area contributed by atoms with Gasteiger partial charge < -0.3 is 9.47 Å². The zero-order valence-corrected chi connectivity index (χ0v) is 35.7. The molecule has 0 saturated heterocycles. The maximum absolute atomic E-state index is 13.0. The lowest BCUT2D eigenvalue weighted by atomic mass is 9.55. The molecule has 1 unspecified atom stereocenters. The van der Waals surface area contributed by atoms with Crippen molar-refractivity contribution < 1.29 is 19.1 Å². The van der Waals surface area contributed by atoms with Crippen molar-refractivity contribution in [1.82, 2.24) is 0 Å². The number of benzene rings is 1. The number of fused-ring (bicyclic) bond motifs is 5. The van der Waals surface area contributed by atoms with Crippen LogP contribution in [-0.2, 0) is 20.7 Å². The molecule has 2 fully saturated rings. The van der Waals surface area contributed by atoms with E-state index in [-0.39, 0.29) is 23.5 Å².